The summed E-state index contributed by atoms with van der Waals surface area (Å²) in [6.45, 7) is 5.48. The summed E-state index contributed by atoms with van der Waals surface area (Å²) in [5.41, 5.74) is 0. The van der Waals surface area contributed by atoms with Gasteiger partial charge in [-0.25, -0.2) is 4.57 Å². The van der Waals surface area contributed by atoms with Crippen molar-refractivity contribution in [1.29, 1.82) is 0 Å². The van der Waals surface area contributed by atoms with Gasteiger partial charge in [0.2, 0.25) is 0 Å². The molecule has 0 rings (SSSR count). The molecule has 0 aromatic rings. The molecule has 0 aliphatic carbocycles. The highest BCUT2D eigenvalue weighted by Crippen LogP contribution is 2.43. The zero-order valence-corrected chi connectivity index (χ0v) is 42.3. The van der Waals surface area contributed by atoms with Crippen LogP contribution >= 0.6 is 7.82 Å². The minimum absolute atomic E-state index is 0.0805. The van der Waals surface area contributed by atoms with E-state index in [1.807, 2.05) is 21.1 Å². The first-order valence-electron chi connectivity index (χ1n) is 25.9. The van der Waals surface area contributed by atoms with Gasteiger partial charge in [-0.15, -0.1) is 0 Å². The molecule has 0 radical (unpaired) electrons. The van der Waals surface area contributed by atoms with Crippen molar-refractivity contribution in [2.75, 3.05) is 54.1 Å². The van der Waals surface area contributed by atoms with Crippen LogP contribution in [0.2, 0.25) is 0 Å². The summed E-state index contributed by atoms with van der Waals surface area (Å²) < 4.78 is 35.1. The second-order valence-corrected chi connectivity index (χ2v) is 20.0. The Kier molecular flexibility index (Phi) is 44.9. The number of phosphoric acid groups is 1. The number of hydrogen-bond acceptors (Lipinski definition) is 6. The van der Waals surface area contributed by atoms with E-state index in [1.54, 1.807) is 0 Å². The van der Waals surface area contributed by atoms with Crippen molar-refractivity contribution >= 4 is 13.8 Å². The molecule has 9 heteroatoms. The van der Waals surface area contributed by atoms with E-state index >= 15 is 0 Å². The normalized spacial score (nSPS) is 14.0. The van der Waals surface area contributed by atoms with Gasteiger partial charge in [-0.1, -0.05) is 217 Å². The second kappa shape index (κ2) is 46.0. The summed E-state index contributed by atoms with van der Waals surface area (Å²) in [5, 5.41) is 0. The molecule has 0 saturated heterocycles. The van der Waals surface area contributed by atoms with E-state index in [0.29, 0.717) is 24.1 Å². The highest BCUT2D eigenvalue weighted by Gasteiger charge is 2.26. The first kappa shape index (κ1) is 60.5. The Morgan fingerprint density at radius 3 is 1.37 bits per heavy atom. The van der Waals surface area contributed by atoms with Crippen LogP contribution in [0.3, 0.4) is 0 Å². The number of rotatable bonds is 48. The highest BCUT2D eigenvalue weighted by atomic mass is 31.2. The van der Waals surface area contributed by atoms with Crippen molar-refractivity contribution < 1.29 is 37.3 Å². The molecule has 0 aromatic heterocycles. The van der Waals surface area contributed by atoms with Gasteiger partial charge in [-0.2, -0.15) is 0 Å². The summed E-state index contributed by atoms with van der Waals surface area (Å²) >= 11 is 0. The zero-order chi connectivity index (χ0) is 45.5. The van der Waals surface area contributed by atoms with Crippen LogP contribution in [-0.4, -0.2) is 75.6 Å². The molecule has 0 spiro atoms. The zero-order valence-electron chi connectivity index (χ0n) is 41.4. The average molecular weight is 895 g/mol. The standard InChI is InChI=1S/C53H100NO7P/c1-6-8-10-12-14-16-18-20-22-23-24-25-26-27-28-29-30-31-33-35-37-39-41-43-45-48-58-50-52(51-60-62(56,57)59-49-47-54(3,4)5)61-53(55)46-44-42-40-38-36-34-32-21-19-17-15-13-11-9-7-2/h9,11,15,17,21,32,36,38,52H,6-8,10,12-14,16,18-20,22-31,33-35,37,39-51H2,1-5H3/p+1/b11-9-,17-15-,32-21-,38-36-. The van der Waals surface area contributed by atoms with Crippen molar-refractivity contribution in [3.8, 4) is 0 Å². The first-order valence-corrected chi connectivity index (χ1v) is 27.4. The van der Waals surface area contributed by atoms with Crippen LogP contribution in [0.1, 0.15) is 226 Å². The molecular weight excluding hydrogens is 794 g/mol. The Balaban J connectivity index is 4.08. The number of ether oxygens (including phenoxy) is 2. The van der Waals surface area contributed by atoms with E-state index in [4.69, 9.17) is 18.5 Å². The van der Waals surface area contributed by atoms with Crippen LogP contribution in [0.25, 0.3) is 0 Å². The number of phosphoric ester groups is 1. The number of nitrogens with zero attached hydrogens (tertiary/aromatic N) is 1. The van der Waals surface area contributed by atoms with Gasteiger partial charge in [0.15, 0.2) is 0 Å². The van der Waals surface area contributed by atoms with Gasteiger partial charge < -0.3 is 18.9 Å². The lowest BCUT2D eigenvalue weighted by Gasteiger charge is -2.24. The third-order valence-corrected chi connectivity index (χ3v) is 12.1. The van der Waals surface area contributed by atoms with E-state index in [-0.39, 0.29) is 32.2 Å². The van der Waals surface area contributed by atoms with Crippen LogP contribution < -0.4 is 0 Å². The van der Waals surface area contributed by atoms with E-state index < -0.39 is 13.9 Å². The largest absolute Gasteiger partial charge is 0.472 e. The van der Waals surface area contributed by atoms with E-state index in [9.17, 15) is 14.3 Å². The van der Waals surface area contributed by atoms with Crippen LogP contribution in [0, 0.1) is 0 Å². The number of carbonyl (C=O) groups excluding carboxylic acids is 1. The molecule has 0 aliphatic heterocycles. The van der Waals surface area contributed by atoms with Crippen molar-refractivity contribution in [1.82, 2.24) is 0 Å². The molecule has 62 heavy (non-hydrogen) atoms. The molecule has 1 N–H and O–H groups in total. The molecule has 0 aliphatic rings. The van der Waals surface area contributed by atoms with Crippen LogP contribution in [0.4, 0.5) is 0 Å². The van der Waals surface area contributed by atoms with E-state index in [2.05, 4.69) is 62.5 Å². The fourth-order valence-electron chi connectivity index (χ4n) is 7.19. The van der Waals surface area contributed by atoms with E-state index in [1.165, 1.54) is 148 Å². The van der Waals surface area contributed by atoms with Gasteiger partial charge in [0.05, 0.1) is 34.4 Å². The third kappa shape index (κ3) is 49.5. The van der Waals surface area contributed by atoms with Gasteiger partial charge in [-0.05, 0) is 51.4 Å². The molecule has 0 heterocycles. The third-order valence-electron chi connectivity index (χ3n) is 11.2. The Morgan fingerprint density at radius 2 is 0.935 bits per heavy atom. The molecule has 0 amide bonds. The Hall–Kier alpha value is -1.54. The quantitative estimate of drug-likeness (QED) is 0.0214. The predicted molar refractivity (Wildman–Crippen MR) is 266 cm³/mol. The summed E-state index contributed by atoms with van der Waals surface area (Å²) in [7, 11) is 1.64. The summed E-state index contributed by atoms with van der Waals surface area (Å²) in [4.78, 5) is 22.9. The predicted octanol–water partition coefficient (Wildman–Crippen LogP) is 15.9. The lowest BCUT2D eigenvalue weighted by molar-refractivity contribution is -0.870. The minimum Gasteiger partial charge on any atom is -0.457 e. The van der Waals surface area contributed by atoms with Crippen LogP contribution in [-0.2, 0) is 27.9 Å². The van der Waals surface area contributed by atoms with Gasteiger partial charge in [0.1, 0.15) is 19.3 Å². The molecular formula is C53H101NO7P+. The lowest BCUT2D eigenvalue weighted by atomic mass is 10.0. The highest BCUT2D eigenvalue weighted by molar-refractivity contribution is 7.47. The molecule has 364 valence electrons. The fourth-order valence-corrected chi connectivity index (χ4v) is 7.93. The summed E-state index contributed by atoms with van der Waals surface area (Å²) in [6.07, 6.45) is 57.5. The SMILES string of the molecule is CC/C=C\C/C=C\C/C=C\C/C=C\CCCCC(=O)OC(COCCCCCCCCCCCCCCCCCCCCCCCCCCC)COP(=O)(O)OCC[N+](C)(C)C. The fraction of sp³-hybridized carbons (Fsp3) is 0.830. The van der Waals surface area contributed by atoms with E-state index in [0.717, 1.165) is 51.4 Å². The molecule has 0 fully saturated rings. The summed E-state index contributed by atoms with van der Waals surface area (Å²) in [5.74, 6) is -0.351. The lowest BCUT2D eigenvalue weighted by Crippen LogP contribution is -2.37. The maximum atomic E-state index is 12.7. The maximum absolute atomic E-state index is 12.7. The van der Waals surface area contributed by atoms with Crippen molar-refractivity contribution in [2.24, 2.45) is 0 Å². The van der Waals surface area contributed by atoms with Gasteiger partial charge in [-0.3, -0.25) is 13.8 Å². The number of quaternary nitrogens is 1. The Bertz CT molecular complexity index is 1130. The van der Waals surface area contributed by atoms with Crippen molar-refractivity contribution in [3.05, 3.63) is 48.6 Å². The van der Waals surface area contributed by atoms with Crippen LogP contribution in [0.5, 0.6) is 0 Å². The molecule has 0 aromatic carbocycles. The molecule has 0 bridgehead atoms. The van der Waals surface area contributed by atoms with Gasteiger partial charge in [0.25, 0.3) is 0 Å². The number of likely N-dealkylation sites (N-methyl/N-ethyl adjacent to an activating group) is 1. The minimum atomic E-state index is -4.29. The average Bonchev–Trinajstić information content (AvgIpc) is 3.23. The Morgan fingerprint density at radius 1 is 0.516 bits per heavy atom. The second-order valence-electron chi connectivity index (χ2n) is 18.5. The smallest absolute Gasteiger partial charge is 0.457 e. The van der Waals surface area contributed by atoms with Crippen molar-refractivity contribution in [3.63, 3.8) is 0 Å². The number of hydrogen-bond donors (Lipinski definition) is 1. The van der Waals surface area contributed by atoms with Gasteiger partial charge >= 0.3 is 13.8 Å². The monoisotopic (exact) mass is 895 g/mol. The molecule has 0 saturated carbocycles. The topological polar surface area (TPSA) is 91.3 Å². The summed E-state index contributed by atoms with van der Waals surface area (Å²) in [6, 6.07) is 0. The molecule has 8 nitrogen and oxygen atoms in total. The molecule has 2 atom stereocenters. The molecule has 2 unspecified atom stereocenters. The number of allylic oxidation sites excluding steroid dienone is 8. The number of carbonyl (C=O) groups is 1. The van der Waals surface area contributed by atoms with Crippen LogP contribution in [0.15, 0.2) is 48.6 Å². The first-order chi connectivity index (χ1) is 30.1. The van der Waals surface area contributed by atoms with Gasteiger partial charge in [0, 0.05) is 13.0 Å². The number of unbranched alkanes of at least 4 members (excludes halogenated alkanes) is 26. The number of esters is 1. The Labute approximate surface area is 384 Å². The maximum Gasteiger partial charge on any atom is 0.472 e. The van der Waals surface area contributed by atoms with Crippen molar-refractivity contribution in [2.45, 2.75) is 232 Å².